The summed E-state index contributed by atoms with van der Waals surface area (Å²) in [4.78, 5) is 36.3. The van der Waals surface area contributed by atoms with E-state index in [1.165, 1.54) is 61.3 Å². The highest BCUT2D eigenvalue weighted by atomic mass is 32.2. The first-order chi connectivity index (χ1) is 24.8. The Labute approximate surface area is 306 Å². The molecule has 5 aromatic heterocycles. The first-order valence-corrected chi connectivity index (χ1v) is 18.0. The molecule has 2 unspecified atom stereocenters. The van der Waals surface area contributed by atoms with Crippen molar-refractivity contribution in [2.24, 2.45) is 10.8 Å². The summed E-state index contributed by atoms with van der Waals surface area (Å²) in [6.45, 7) is 11.5. The largest absolute Gasteiger partial charge is 0.465 e. The molecule has 5 rings (SSSR count). The molecule has 5 heterocycles. The number of rotatable bonds is 10. The molecule has 5 aromatic rings. The van der Waals surface area contributed by atoms with E-state index in [1.807, 2.05) is 47.6 Å². The lowest BCUT2D eigenvalue weighted by Crippen LogP contribution is -2.44. The molecule has 2 atom stereocenters. The molecule has 13 nitrogen and oxygen atoms in total. The number of carboxylic acid groups (broad SMARTS) is 2. The fourth-order valence-corrected chi connectivity index (χ4v) is 6.77. The minimum Gasteiger partial charge on any atom is -0.465 e. The minimum atomic E-state index is -4.09. The summed E-state index contributed by atoms with van der Waals surface area (Å²) in [5, 5.41) is 23.2. The number of amides is 2. The molecule has 16 heteroatoms. The van der Waals surface area contributed by atoms with Gasteiger partial charge in [0.1, 0.15) is 4.90 Å². The lowest BCUT2D eigenvalue weighted by molar-refractivity contribution is 0.173. The van der Waals surface area contributed by atoms with E-state index in [0.29, 0.717) is 23.2 Å². The summed E-state index contributed by atoms with van der Waals surface area (Å²) >= 11 is 0. The fourth-order valence-electron chi connectivity index (χ4n) is 5.41. The van der Waals surface area contributed by atoms with Crippen LogP contribution in [0.3, 0.4) is 0 Å². The SMILES string of the molecule is CC(C)(C)C(Cc1c[nH]c(-c2cccnc2F)c1)NC(=O)O.CC(C)(C)C(Cc1cc(-c2cccnc2F)n(S(=O)(=O)c2cccnc2)c1)NC(=O)O. The summed E-state index contributed by atoms with van der Waals surface area (Å²) in [6.07, 6.45) is 6.99. The van der Waals surface area contributed by atoms with Gasteiger partial charge < -0.3 is 25.8 Å². The van der Waals surface area contributed by atoms with E-state index in [-0.39, 0.29) is 34.0 Å². The zero-order valence-corrected chi connectivity index (χ0v) is 30.9. The quantitative estimate of drug-likeness (QED) is 0.0936. The smallest absolute Gasteiger partial charge is 0.404 e. The number of H-pyrrole nitrogens is 1. The van der Waals surface area contributed by atoms with Crippen molar-refractivity contribution in [2.75, 3.05) is 0 Å². The van der Waals surface area contributed by atoms with Gasteiger partial charge in [0.2, 0.25) is 11.9 Å². The van der Waals surface area contributed by atoms with Crippen molar-refractivity contribution in [3.8, 4) is 22.5 Å². The topological polar surface area (TPSA) is 192 Å². The van der Waals surface area contributed by atoms with E-state index in [4.69, 9.17) is 5.11 Å². The molecule has 0 aliphatic rings. The highest BCUT2D eigenvalue weighted by Gasteiger charge is 2.30. The van der Waals surface area contributed by atoms with Gasteiger partial charge in [-0.25, -0.2) is 31.9 Å². The summed E-state index contributed by atoms with van der Waals surface area (Å²) in [5.41, 5.74) is 1.90. The fraction of sp³-hybridized carbons (Fsp3) is 0.324. The summed E-state index contributed by atoms with van der Waals surface area (Å²) in [5.74, 6) is -1.35. The molecule has 0 aliphatic heterocycles. The van der Waals surface area contributed by atoms with Gasteiger partial charge in [-0.05, 0) is 83.3 Å². The van der Waals surface area contributed by atoms with Crippen LogP contribution < -0.4 is 10.6 Å². The van der Waals surface area contributed by atoms with Crippen molar-refractivity contribution in [3.05, 3.63) is 109 Å². The molecule has 53 heavy (non-hydrogen) atoms. The van der Waals surface area contributed by atoms with E-state index >= 15 is 0 Å². The van der Waals surface area contributed by atoms with Crippen molar-refractivity contribution in [3.63, 3.8) is 0 Å². The molecule has 2 amide bonds. The van der Waals surface area contributed by atoms with E-state index in [0.717, 1.165) is 9.54 Å². The number of nitrogens with zero attached hydrogens (tertiary/aromatic N) is 4. The van der Waals surface area contributed by atoms with Crippen molar-refractivity contribution in [2.45, 2.75) is 71.4 Å². The van der Waals surface area contributed by atoms with Gasteiger partial charge in [0.15, 0.2) is 0 Å². The number of nitrogens with one attached hydrogen (secondary N) is 3. The van der Waals surface area contributed by atoms with Gasteiger partial charge >= 0.3 is 12.2 Å². The molecule has 0 bridgehead atoms. The molecule has 282 valence electrons. The lowest BCUT2D eigenvalue weighted by Gasteiger charge is -2.30. The highest BCUT2D eigenvalue weighted by molar-refractivity contribution is 7.90. The standard InChI is InChI=1S/C21H23FN4O4S.C16H20FN3O2/c1-21(2,3)18(25-20(27)28)11-14-10-17(16-7-5-9-24-19(16)22)26(13-14)31(29,30)15-6-4-8-23-12-15;1-16(2,3)13(20-15(21)22)8-10-7-12(19-9-10)11-5-4-6-18-14(11)17/h4-10,12-13,18,25H,11H2,1-3H3,(H,27,28);4-7,9,13,19-20H,8H2,1-3H3,(H,21,22). The third-order valence-electron chi connectivity index (χ3n) is 8.43. The van der Waals surface area contributed by atoms with Gasteiger partial charge in [0, 0.05) is 49.3 Å². The second-order valence-corrected chi connectivity index (χ2v) is 16.3. The van der Waals surface area contributed by atoms with Crippen LogP contribution in [0.2, 0.25) is 0 Å². The van der Waals surface area contributed by atoms with Gasteiger partial charge in [0.05, 0.1) is 22.5 Å². The average Bonchev–Trinajstić information content (AvgIpc) is 3.72. The first kappa shape index (κ1) is 40.1. The van der Waals surface area contributed by atoms with E-state index in [2.05, 4.69) is 30.6 Å². The average molecular weight is 752 g/mol. The zero-order valence-electron chi connectivity index (χ0n) is 30.1. The normalized spacial score (nSPS) is 13.0. The van der Waals surface area contributed by atoms with E-state index in [9.17, 15) is 31.9 Å². The van der Waals surface area contributed by atoms with E-state index in [1.54, 1.807) is 18.3 Å². The van der Waals surface area contributed by atoms with Crippen LogP contribution in [0.5, 0.6) is 0 Å². The molecule has 0 saturated carbocycles. The maximum atomic E-state index is 14.5. The Morgan fingerprint density at radius 1 is 0.811 bits per heavy atom. The number of halogens is 2. The van der Waals surface area contributed by atoms with Crippen LogP contribution >= 0.6 is 0 Å². The summed E-state index contributed by atoms with van der Waals surface area (Å²) in [7, 11) is -4.09. The van der Waals surface area contributed by atoms with Crippen LogP contribution in [0.4, 0.5) is 18.4 Å². The van der Waals surface area contributed by atoms with Crippen molar-refractivity contribution >= 4 is 22.2 Å². The second kappa shape index (κ2) is 16.4. The van der Waals surface area contributed by atoms with Gasteiger partial charge in [-0.1, -0.05) is 41.5 Å². The molecule has 0 aromatic carbocycles. The van der Waals surface area contributed by atoms with Crippen LogP contribution in [0.25, 0.3) is 22.5 Å². The summed E-state index contributed by atoms with van der Waals surface area (Å²) in [6, 6.07) is 11.8. The van der Waals surface area contributed by atoms with Crippen molar-refractivity contribution in [1.82, 2.24) is 34.5 Å². The molecule has 5 N–H and O–H groups in total. The number of aromatic nitrogens is 5. The van der Waals surface area contributed by atoms with Gasteiger partial charge in [0.25, 0.3) is 10.0 Å². The Hall–Kier alpha value is -5.64. The second-order valence-electron chi connectivity index (χ2n) is 14.5. The molecular formula is C37H43F2N7O6S. The molecule has 0 radical (unpaired) electrons. The van der Waals surface area contributed by atoms with E-state index < -0.39 is 45.6 Å². The van der Waals surface area contributed by atoms with Crippen LogP contribution in [0.15, 0.2) is 90.6 Å². The Morgan fingerprint density at radius 3 is 1.83 bits per heavy atom. The Kier molecular flexibility index (Phi) is 12.4. The van der Waals surface area contributed by atoms with Gasteiger partial charge in [-0.2, -0.15) is 8.78 Å². The summed E-state index contributed by atoms with van der Waals surface area (Å²) < 4.78 is 55.7. The van der Waals surface area contributed by atoms with Crippen molar-refractivity contribution in [1.29, 1.82) is 0 Å². The zero-order chi connectivity index (χ0) is 39.1. The maximum absolute atomic E-state index is 14.5. The number of carbonyl (C=O) groups is 2. The molecule has 0 saturated heterocycles. The van der Waals surface area contributed by atoms with Crippen LogP contribution in [0.1, 0.15) is 52.7 Å². The third-order valence-corrected chi connectivity index (χ3v) is 10.1. The predicted molar refractivity (Wildman–Crippen MR) is 195 cm³/mol. The Bertz CT molecular complexity index is 2140. The van der Waals surface area contributed by atoms with Crippen LogP contribution in [-0.2, 0) is 22.9 Å². The number of pyridine rings is 3. The number of hydrogen-bond acceptors (Lipinski definition) is 7. The Morgan fingerprint density at radius 2 is 1.34 bits per heavy atom. The monoisotopic (exact) mass is 751 g/mol. The van der Waals surface area contributed by atoms with Crippen molar-refractivity contribution < 1.29 is 37.0 Å². The molecular weight excluding hydrogens is 709 g/mol. The maximum Gasteiger partial charge on any atom is 0.404 e. The van der Waals surface area contributed by atoms with Crippen LogP contribution in [0, 0.1) is 22.7 Å². The third kappa shape index (κ3) is 10.5. The van der Waals surface area contributed by atoms with Gasteiger partial charge in [-0.15, -0.1) is 0 Å². The van der Waals surface area contributed by atoms with Crippen LogP contribution in [-0.4, -0.2) is 66.8 Å². The number of aromatic amines is 1. The van der Waals surface area contributed by atoms with Gasteiger partial charge in [-0.3, -0.25) is 4.98 Å². The lowest BCUT2D eigenvalue weighted by atomic mass is 9.83. The highest BCUT2D eigenvalue weighted by Crippen LogP contribution is 2.31. The molecule has 0 fully saturated rings. The first-order valence-electron chi connectivity index (χ1n) is 16.5. The molecule has 0 aliphatic carbocycles. The number of hydrogen-bond donors (Lipinski definition) is 5. The Balaban J connectivity index is 0.000000251. The molecule has 0 spiro atoms. The minimum absolute atomic E-state index is 0.0136. The predicted octanol–water partition coefficient (Wildman–Crippen LogP) is 6.99.